The number of hydrogen-bond donors (Lipinski definition) is 2. The summed E-state index contributed by atoms with van der Waals surface area (Å²) in [7, 11) is 0. The number of guanidine groups is 1. The van der Waals surface area contributed by atoms with Gasteiger partial charge in [0.05, 0.1) is 6.54 Å². The summed E-state index contributed by atoms with van der Waals surface area (Å²) in [5.41, 5.74) is 0. The number of nitrogens with zero attached hydrogens (tertiary/aromatic N) is 3. The summed E-state index contributed by atoms with van der Waals surface area (Å²) in [6, 6.07) is 0.615. The zero-order valence-corrected chi connectivity index (χ0v) is 14.0. The van der Waals surface area contributed by atoms with Crippen LogP contribution in [0.2, 0.25) is 0 Å². The second-order valence-corrected chi connectivity index (χ2v) is 7.63. The molecule has 4 aliphatic heterocycles. The van der Waals surface area contributed by atoms with Gasteiger partial charge in [0.25, 0.3) is 0 Å². The van der Waals surface area contributed by atoms with E-state index in [-0.39, 0.29) is 0 Å². The van der Waals surface area contributed by atoms with Gasteiger partial charge in [-0.05, 0) is 25.5 Å². The maximum absolute atomic E-state index is 4.83. The first-order valence-electron chi connectivity index (χ1n) is 8.45. The molecule has 5 nitrogen and oxygen atoms in total. The Morgan fingerprint density at radius 2 is 2.10 bits per heavy atom. The molecular formula is C15H29N5S. The summed E-state index contributed by atoms with van der Waals surface area (Å²) in [5, 5.41) is 7.69. The SMILES string of the molecule is CCNC(=NCC1CN2CCN1CC2)NCC1CCCS1. The number of piperazine rings is 3. The Bertz CT molecular complexity index is 348. The molecule has 2 N–H and O–H groups in total. The average Bonchev–Trinajstić information content (AvgIpc) is 3.05. The van der Waals surface area contributed by atoms with Crippen molar-refractivity contribution in [2.24, 2.45) is 4.99 Å². The summed E-state index contributed by atoms with van der Waals surface area (Å²) in [6.45, 7) is 11.2. The van der Waals surface area contributed by atoms with Gasteiger partial charge < -0.3 is 10.6 Å². The first kappa shape index (κ1) is 15.4. The van der Waals surface area contributed by atoms with Crippen LogP contribution in [0.1, 0.15) is 19.8 Å². The molecule has 0 saturated carbocycles. The highest BCUT2D eigenvalue weighted by Crippen LogP contribution is 2.25. The van der Waals surface area contributed by atoms with E-state index in [1.807, 2.05) is 0 Å². The Labute approximate surface area is 132 Å². The van der Waals surface area contributed by atoms with E-state index in [2.05, 4.69) is 39.1 Å². The largest absolute Gasteiger partial charge is 0.357 e. The van der Waals surface area contributed by atoms with Crippen LogP contribution in [0, 0.1) is 0 Å². The molecular weight excluding hydrogens is 282 g/mol. The van der Waals surface area contributed by atoms with Gasteiger partial charge in [0.1, 0.15) is 0 Å². The number of nitrogens with one attached hydrogen (secondary N) is 2. The maximum atomic E-state index is 4.83. The van der Waals surface area contributed by atoms with Crippen LogP contribution in [0.5, 0.6) is 0 Å². The second-order valence-electron chi connectivity index (χ2n) is 6.23. The molecule has 0 aromatic rings. The number of rotatable bonds is 5. The lowest BCUT2D eigenvalue weighted by Crippen LogP contribution is -2.62. The van der Waals surface area contributed by atoms with Crippen molar-refractivity contribution >= 4 is 17.7 Å². The van der Waals surface area contributed by atoms with E-state index < -0.39 is 0 Å². The van der Waals surface area contributed by atoms with E-state index in [0.717, 1.165) is 30.8 Å². The van der Waals surface area contributed by atoms with Gasteiger partial charge in [0.15, 0.2) is 5.96 Å². The van der Waals surface area contributed by atoms with E-state index >= 15 is 0 Å². The van der Waals surface area contributed by atoms with Crippen LogP contribution in [0.15, 0.2) is 4.99 Å². The van der Waals surface area contributed by atoms with Crippen molar-refractivity contribution in [3.8, 4) is 0 Å². The van der Waals surface area contributed by atoms with Gasteiger partial charge in [-0.25, -0.2) is 0 Å². The summed E-state index contributed by atoms with van der Waals surface area (Å²) < 4.78 is 0. The van der Waals surface area contributed by atoms with Crippen molar-refractivity contribution in [1.82, 2.24) is 20.4 Å². The number of aliphatic imine (C=N–C) groups is 1. The zero-order chi connectivity index (χ0) is 14.5. The van der Waals surface area contributed by atoms with E-state index in [4.69, 9.17) is 4.99 Å². The molecule has 6 heteroatoms. The fourth-order valence-corrected chi connectivity index (χ4v) is 4.65. The van der Waals surface area contributed by atoms with Crippen LogP contribution in [-0.2, 0) is 0 Å². The standard InChI is InChI=1S/C15H29N5S/c1-2-16-15(18-11-14-4-3-9-21-14)17-10-13-12-19-5-7-20(13)8-6-19/h13-14H,2-12H2,1H3,(H2,16,17,18). The Balaban J connectivity index is 1.48. The first-order valence-corrected chi connectivity index (χ1v) is 9.50. The summed E-state index contributed by atoms with van der Waals surface area (Å²) >= 11 is 2.10. The Hall–Kier alpha value is -0.460. The molecule has 120 valence electrons. The molecule has 2 unspecified atom stereocenters. The average molecular weight is 311 g/mol. The number of hydrogen-bond acceptors (Lipinski definition) is 4. The van der Waals surface area contributed by atoms with Crippen LogP contribution in [0.4, 0.5) is 0 Å². The van der Waals surface area contributed by atoms with Gasteiger partial charge in [-0.1, -0.05) is 0 Å². The van der Waals surface area contributed by atoms with Gasteiger partial charge in [-0.2, -0.15) is 11.8 Å². The van der Waals surface area contributed by atoms with Crippen molar-refractivity contribution in [3.63, 3.8) is 0 Å². The molecule has 4 heterocycles. The van der Waals surface area contributed by atoms with Crippen molar-refractivity contribution in [2.75, 3.05) is 58.1 Å². The molecule has 0 spiro atoms. The lowest BCUT2D eigenvalue weighted by Gasteiger charge is -2.47. The predicted molar refractivity (Wildman–Crippen MR) is 91.3 cm³/mol. The minimum Gasteiger partial charge on any atom is -0.357 e. The third-order valence-electron chi connectivity index (χ3n) is 4.72. The van der Waals surface area contributed by atoms with E-state index in [1.165, 1.54) is 51.3 Å². The van der Waals surface area contributed by atoms with E-state index in [0.29, 0.717) is 6.04 Å². The molecule has 4 saturated heterocycles. The zero-order valence-electron chi connectivity index (χ0n) is 13.2. The molecule has 0 aromatic heterocycles. The van der Waals surface area contributed by atoms with E-state index in [1.54, 1.807) is 0 Å². The van der Waals surface area contributed by atoms with Crippen LogP contribution < -0.4 is 10.6 Å². The number of thioether (sulfide) groups is 1. The fraction of sp³-hybridized carbons (Fsp3) is 0.933. The highest BCUT2D eigenvalue weighted by molar-refractivity contribution is 8.00. The van der Waals surface area contributed by atoms with Crippen molar-refractivity contribution in [1.29, 1.82) is 0 Å². The van der Waals surface area contributed by atoms with Gasteiger partial charge in [0, 0.05) is 57.1 Å². The topological polar surface area (TPSA) is 42.9 Å². The second kappa shape index (κ2) is 7.70. The highest BCUT2D eigenvalue weighted by Gasteiger charge is 2.31. The summed E-state index contributed by atoms with van der Waals surface area (Å²) in [6.07, 6.45) is 2.72. The molecule has 4 rings (SSSR count). The first-order chi connectivity index (χ1) is 10.3. The Morgan fingerprint density at radius 3 is 2.71 bits per heavy atom. The molecule has 2 bridgehead atoms. The molecule has 21 heavy (non-hydrogen) atoms. The van der Waals surface area contributed by atoms with Gasteiger partial charge >= 0.3 is 0 Å². The molecule has 0 radical (unpaired) electrons. The predicted octanol–water partition coefficient (Wildman–Crippen LogP) is 0.437. The Kier molecular flexibility index (Phi) is 5.66. The van der Waals surface area contributed by atoms with Gasteiger partial charge in [-0.15, -0.1) is 0 Å². The fourth-order valence-electron chi connectivity index (χ4n) is 3.45. The quantitative estimate of drug-likeness (QED) is 0.570. The third-order valence-corrected chi connectivity index (χ3v) is 6.12. The smallest absolute Gasteiger partial charge is 0.191 e. The van der Waals surface area contributed by atoms with Crippen LogP contribution >= 0.6 is 11.8 Å². The van der Waals surface area contributed by atoms with Gasteiger partial charge in [0.2, 0.25) is 0 Å². The minimum absolute atomic E-state index is 0.615. The van der Waals surface area contributed by atoms with Gasteiger partial charge in [-0.3, -0.25) is 14.8 Å². The van der Waals surface area contributed by atoms with E-state index in [9.17, 15) is 0 Å². The monoisotopic (exact) mass is 311 g/mol. The lowest BCUT2D eigenvalue weighted by atomic mass is 10.1. The van der Waals surface area contributed by atoms with Crippen LogP contribution in [-0.4, -0.2) is 85.2 Å². The minimum atomic E-state index is 0.615. The van der Waals surface area contributed by atoms with Crippen molar-refractivity contribution in [2.45, 2.75) is 31.1 Å². The van der Waals surface area contributed by atoms with Crippen molar-refractivity contribution < 1.29 is 0 Å². The van der Waals surface area contributed by atoms with Crippen LogP contribution in [0.25, 0.3) is 0 Å². The molecule has 2 atom stereocenters. The van der Waals surface area contributed by atoms with Crippen LogP contribution in [0.3, 0.4) is 0 Å². The lowest BCUT2D eigenvalue weighted by molar-refractivity contribution is 0.0174. The molecule has 0 aromatic carbocycles. The molecule has 4 aliphatic rings. The Morgan fingerprint density at radius 1 is 1.24 bits per heavy atom. The molecule has 0 amide bonds. The summed E-state index contributed by atoms with van der Waals surface area (Å²) in [4.78, 5) is 10.0. The maximum Gasteiger partial charge on any atom is 0.191 e. The van der Waals surface area contributed by atoms with Crippen molar-refractivity contribution in [3.05, 3.63) is 0 Å². The summed E-state index contributed by atoms with van der Waals surface area (Å²) in [5.74, 6) is 2.33. The molecule has 4 fully saturated rings. The highest BCUT2D eigenvalue weighted by atomic mass is 32.2. The number of fused-ring (bicyclic) bond motifs is 3. The molecule has 0 aliphatic carbocycles. The normalized spacial score (nSPS) is 36.0. The third kappa shape index (κ3) is 4.27.